The van der Waals surface area contributed by atoms with Gasteiger partial charge in [0.2, 0.25) is 5.91 Å². The van der Waals surface area contributed by atoms with E-state index in [-0.39, 0.29) is 29.5 Å². The molecular formula is C20H22FN3O2. The van der Waals surface area contributed by atoms with Crippen molar-refractivity contribution in [2.75, 3.05) is 6.54 Å². The van der Waals surface area contributed by atoms with Crippen molar-refractivity contribution >= 4 is 11.7 Å². The first-order valence-electron chi connectivity index (χ1n) is 9.20. The van der Waals surface area contributed by atoms with Crippen LogP contribution in [0.25, 0.3) is 0 Å². The monoisotopic (exact) mass is 355 g/mol. The summed E-state index contributed by atoms with van der Waals surface area (Å²) in [5.74, 6) is -0.250. The summed E-state index contributed by atoms with van der Waals surface area (Å²) in [6, 6.07) is 5.58. The fourth-order valence-corrected chi connectivity index (χ4v) is 4.12. The Morgan fingerprint density at radius 2 is 1.96 bits per heavy atom. The fraction of sp³-hybridized carbons (Fsp3) is 0.450. The second-order valence-corrected chi connectivity index (χ2v) is 7.23. The Morgan fingerprint density at radius 1 is 1.15 bits per heavy atom. The lowest BCUT2D eigenvalue weighted by Crippen LogP contribution is -2.42. The lowest BCUT2D eigenvalue weighted by atomic mass is 9.94. The maximum atomic E-state index is 13.0. The number of hydrogen-bond donors (Lipinski definition) is 0. The number of carbonyl (C=O) groups is 2. The van der Waals surface area contributed by atoms with Crippen molar-refractivity contribution in [1.82, 2.24) is 14.5 Å². The van der Waals surface area contributed by atoms with Crippen LogP contribution in [0.4, 0.5) is 4.39 Å². The SMILES string of the molecule is O=C(CC1CCCN1C(=O)C1CCn2cncc2C1)c1ccc(F)cc1. The number of aryl methyl sites for hydroxylation is 1. The summed E-state index contributed by atoms with van der Waals surface area (Å²) in [6.45, 7) is 1.54. The van der Waals surface area contributed by atoms with Gasteiger partial charge in [0.15, 0.2) is 5.78 Å². The minimum absolute atomic E-state index is 0.0271. The smallest absolute Gasteiger partial charge is 0.226 e. The average Bonchev–Trinajstić information content (AvgIpc) is 3.30. The Hall–Kier alpha value is -2.50. The van der Waals surface area contributed by atoms with Gasteiger partial charge >= 0.3 is 0 Å². The number of imidazole rings is 1. The number of rotatable bonds is 4. The molecule has 1 saturated heterocycles. The second kappa shape index (κ2) is 7.02. The number of Topliss-reactive ketones (excluding diaryl/α,β-unsaturated/α-hetero) is 1. The fourth-order valence-electron chi connectivity index (χ4n) is 4.12. The molecule has 2 aromatic rings. The number of carbonyl (C=O) groups excluding carboxylic acids is 2. The molecule has 0 N–H and O–H groups in total. The van der Waals surface area contributed by atoms with Crippen LogP contribution in [0.5, 0.6) is 0 Å². The lowest BCUT2D eigenvalue weighted by Gasteiger charge is -2.31. The van der Waals surface area contributed by atoms with E-state index < -0.39 is 0 Å². The molecule has 26 heavy (non-hydrogen) atoms. The normalized spacial score (nSPS) is 22.3. The molecule has 2 atom stereocenters. The van der Waals surface area contributed by atoms with E-state index in [2.05, 4.69) is 9.55 Å². The van der Waals surface area contributed by atoms with Crippen LogP contribution >= 0.6 is 0 Å². The number of halogens is 1. The predicted molar refractivity (Wildman–Crippen MR) is 94.1 cm³/mol. The zero-order chi connectivity index (χ0) is 18.1. The van der Waals surface area contributed by atoms with Gasteiger partial charge in [0, 0.05) is 55.3 Å². The summed E-state index contributed by atoms with van der Waals surface area (Å²) in [4.78, 5) is 31.6. The quantitative estimate of drug-likeness (QED) is 0.793. The molecule has 1 fully saturated rings. The highest BCUT2D eigenvalue weighted by molar-refractivity contribution is 5.96. The van der Waals surface area contributed by atoms with Crippen molar-refractivity contribution < 1.29 is 14.0 Å². The minimum Gasteiger partial charge on any atom is -0.339 e. The second-order valence-electron chi connectivity index (χ2n) is 7.23. The Morgan fingerprint density at radius 3 is 2.77 bits per heavy atom. The standard InChI is InChI=1S/C20H22FN3O2/c21-16-5-3-14(4-6-16)19(25)11-17-2-1-8-24(17)20(26)15-7-9-23-13-22-12-18(23)10-15/h3-6,12-13,15,17H,1-2,7-11H2. The van der Waals surface area contributed by atoms with Crippen LogP contribution in [0.2, 0.25) is 0 Å². The third kappa shape index (κ3) is 3.28. The molecule has 1 amide bonds. The molecule has 0 radical (unpaired) electrons. The van der Waals surface area contributed by atoms with E-state index in [9.17, 15) is 14.0 Å². The summed E-state index contributed by atoms with van der Waals surface area (Å²) in [7, 11) is 0. The molecule has 4 rings (SSSR count). The molecule has 0 bridgehead atoms. The third-order valence-corrected chi connectivity index (χ3v) is 5.57. The number of ketones is 1. The summed E-state index contributed by atoms with van der Waals surface area (Å²) in [5.41, 5.74) is 1.61. The predicted octanol–water partition coefficient (Wildman–Crippen LogP) is 2.85. The van der Waals surface area contributed by atoms with E-state index in [0.29, 0.717) is 18.4 Å². The summed E-state index contributed by atoms with van der Waals surface area (Å²) in [6.07, 6.45) is 7.27. The Labute approximate surface area is 151 Å². The number of nitrogens with zero attached hydrogens (tertiary/aromatic N) is 3. The molecule has 2 aliphatic rings. The van der Waals surface area contributed by atoms with E-state index in [4.69, 9.17) is 0 Å². The molecule has 2 unspecified atom stereocenters. The first kappa shape index (κ1) is 16.9. The van der Waals surface area contributed by atoms with Gasteiger partial charge in [0.1, 0.15) is 5.82 Å². The number of benzene rings is 1. The highest BCUT2D eigenvalue weighted by Gasteiger charge is 2.35. The van der Waals surface area contributed by atoms with Crippen molar-refractivity contribution in [3.8, 4) is 0 Å². The summed E-state index contributed by atoms with van der Waals surface area (Å²) in [5, 5.41) is 0. The van der Waals surface area contributed by atoms with Crippen LogP contribution < -0.4 is 0 Å². The highest BCUT2D eigenvalue weighted by Crippen LogP contribution is 2.28. The molecule has 6 heteroatoms. The molecular weight excluding hydrogens is 333 g/mol. The van der Waals surface area contributed by atoms with E-state index in [0.717, 1.165) is 38.0 Å². The van der Waals surface area contributed by atoms with Crippen LogP contribution in [-0.4, -0.2) is 38.7 Å². The molecule has 1 aromatic carbocycles. The minimum atomic E-state index is -0.351. The van der Waals surface area contributed by atoms with Crippen LogP contribution in [0.1, 0.15) is 41.7 Å². The molecule has 0 saturated carbocycles. The topological polar surface area (TPSA) is 55.2 Å². The number of amides is 1. The number of fused-ring (bicyclic) bond motifs is 1. The zero-order valence-electron chi connectivity index (χ0n) is 14.6. The van der Waals surface area contributed by atoms with Crippen molar-refractivity contribution in [2.24, 2.45) is 5.92 Å². The third-order valence-electron chi connectivity index (χ3n) is 5.57. The molecule has 136 valence electrons. The van der Waals surface area contributed by atoms with Gasteiger partial charge in [-0.25, -0.2) is 9.37 Å². The Bertz CT molecular complexity index is 815. The van der Waals surface area contributed by atoms with Gasteiger partial charge in [-0.15, -0.1) is 0 Å². The molecule has 5 nitrogen and oxygen atoms in total. The Balaban J connectivity index is 1.42. The largest absolute Gasteiger partial charge is 0.339 e. The maximum Gasteiger partial charge on any atom is 0.226 e. The van der Waals surface area contributed by atoms with Gasteiger partial charge < -0.3 is 9.47 Å². The maximum absolute atomic E-state index is 13.0. The van der Waals surface area contributed by atoms with E-state index in [1.54, 1.807) is 0 Å². The van der Waals surface area contributed by atoms with Crippen molar-refractivity contribution in [3.05, 3.63) is 53.9 Å². The van der Waals surface area contributed by atoms with Crippen LogP contribution in [0, 0.1) is 11.7 Å². The van der Waals surface area contributed by atoms with Gasteiger partial charge in [-0.3, -0.25) is 9.59 Å². The zero-order valence-corrected chi connectivity index (χ0v) is 14.6. The van der Waals surface area contributed by atoms with Crippen molar-refractivity contribution in [2.45, 2.75) is 44.7 Å². The number of aromatic nitrogens is 2. The van der Waals surface area contributed by atoms with Crippen molar-refractivity contribution in [1.29, 1.82) is 0 Å². The molecule has 0 spiro atoms. The van der Waals surface area contributed by atoms with Crippen LogP contribution in [0.15, 0.2) is 36.8 Å². The number of likely N-dealkylation sites (tertiary alicyclic amines) is 1. The highest BCUT2D eigenvalue weighted by atomic mass is 19.1. The van der Waals surface area contributed by atoms with Gasteiger partial charge in [-0.1, -0.05) is 0 Å². The molecule has 3 heterocycles. The summed E-state index contributed by atoms with van der Waals surface area (Å²) >= 11 is 0. The molecule has 2 aliphatic heterocycles. The van der Waals surface area contributed by atoms with E-state index in [1.807, 2.05) is 17.4 Å². The lowest BCUT2D eigenvalue weighted by molar-refractivity contribution is -0.136. The van der Waals surface area contributed by atoms with E-state index in [1.165, 1.54) is 24.3 Å². The van der Waals surface area contributed by atoms with Gasteiger partial charge in [0.25, 0.3) is 0 Å². The van der Waals surface area contributed by atoms with E-state index >= 15 is 0 Å². The Kier molecular flexibility index (Phi) is 4.57. The van der Waals surface area contributed by atoms with Gasteiger partial charge in [-0.2, -0.15) is 0 Å². The van der Waals surface area contributed by atoms with Gasteiger partial charge in [0.05, 0.1) is 6.33 Å². The summed E-state index contributed by atoms with van der Waals surface area (Å²) < 4.78 is 15.1. The van der Waals surface area contributed by atoms with Crippen molar-refractivity contribution in [3.63, 3.8) is 0 Å². The van der Waals surface area contributed by atoms with Gasteiger partial charge in [-0.05, 0) is 43.5 Å². The van der Waals surface area contributed by atoms with Crippen LogP contribution in [0.3, 0.4) is 0 Å². The average molecular weight is 355 g/mol. The molecule has 0 aliphatic carbocycles. The first-order valence-corrected chi connectivity index (χ1v) is 9.20. The van der Waals surface area contributed by atoms with Crippen LogP contribution in [-0.2, 0) is 17.8 Å². The molecule has 1 aromatic heterocycles. The first-order chi connectivity index (χ1) is 12.6. The number of hydrogen-bond acceptors (Lipinski definition) is 3.